The largest absolute Gasteiger partial charge is 0.451 e. The average Bonchev–Trinajstić information content (AvgIpc) is 2.41. The van der Waals surface area contributed by atoms with E-state index in [9.17, 15) is 14.9 Å². The quantitative estimate of drug-likeness (QED) is 0.262. The number of rotatable bonds is 4. The fourth-order valence-corrected chi connectivity index (χ4v) is 2.15. The summed E-state index contributed by atoms with van der Waals surface area (Å²) in [4.78, 5) is 21.6. The maximum atomic E-state index is 11.5. The minimum atomic E-state index is -1.83. The Balaban J connectivity index is 2.94. The molecule has 0 aliphatic carbocycles. The molecule has 0 heterocycles. The number of halogens is 3. The van der Waals surface area contributed by atoms with Gasteiger partial charge in [-0.25, -0.2) is 4.79 Å². The third-order valence-electron chi connectivity index (χ3n) is 1.91. The number of nitro groups is 1. The molecule has 1 aromatic rings. The number of carbonyl (C=O) groups is 1. The molecule has 1 rings (SSSR count). The highest BCUT2D eigenvalue weighted by molar-refractivity contribution is 8.03. The van der Waals surface area contributed by atoms with Crippen molar-refractivity contribution >= 4 is 64.7 Å². The summed E-state index contributed by atoms with van der Waals surface area (Å²) in [5.41, 5.74) is 0.278. The van der Waals surface area contributed by atoms with Crippen molar-refractivity contribution < 1.29 is 14.5 Å². The molecular formula is C10H8Cl3N3O4S. The first kappa shape index (κ1) is 17.8. The molecule has 0 aromatic heterocycles. The lowest BCUT2D eigenvalue weighted by atomic mass is 10.2. The van der Waals surface area contributed by atoms with Gasteiger partial charge >= 0.3 is 6.09 Å². The maximum absolute atomic E-state index is 11.5. The van der Waals surface area contributed by atoms with Gasteiger partial charge in [-0.1, -0.05) is 46.9 Å². The van der Waals surface area contributed by atoms with Crippen LogP contribution in [0.2, 0.25) is 0 Å². The molecule has 0 N–H and O–H groups in total. The molecule has 0 bridgehead atoms. The van der Waals surface area contributed by atoms with E-state index in [1.807, 2.05) is 0 Å². The van der Waals surface area contributed by atoms with Crippen LogP contribution in [-0.4, -0.2) is 31.9 Å². The van der Waals surface area contributed by atoms with Crippen LogP contribution in [0.25, 0.3) is 0 Å². The number of non-ortho nitro benzene ring substituents is 1. The summed E-state index contributed by atoms with van der Waals surface area (Å²) in [5.74, 6) is 0. The van der Waals surface area contributed by atoms with Gasteiger partial charge in [0.05, 0.1) is 18.2 Å². The summed E-state index contributed by atoms with van der Waals surface area (Å²) in [7, 11) is 1.14. The van der Waals surface area contributed by atoms with Crippen molar-refractivity contribution in [2.24, 2.45) is 5.10 Å². The third-order valence-corrected chi connectivity index (χ3v) is 3.16. The van der Waals surface area contributed by atoms with Gasteiger partial charge in [0.2, 0.25) is 0 Å². The number of ether oxygens (including phenoxy) is 1. The topological polar surface area (TPSA) is 85.0 Å². The van der Waals surface area contributed by atoms with Crippen molar-refractivity contribution in [2.75, 3.05) is 7.11 Å². The number of amides is 1. The molecule has 7 nitrogen and oxygen atoms in total. The van der Waals surface area contributed by atoms with Crippen LogP contribution >= 0.6 is 46.8 Å². The van der Waals surface area contributed by atoms with E-state index in [2.05, 4.69) is 9.84 Å². The molecule has 1 amide bonds. The molecule has 0 saturated heterocycles. The molecule has 0 aliphatic heterocycles. The summed E-state index contributed by atoms with van der Waals surface area (Å²) >= 11 is 17.2. The highest BCUT2D eigenvalue weighted by atomic mass is 35.6. The second-order valence-electron chi connectivity index (χ2n) is 3.38. The zero-order valence-electron chi connectivity index (χ0n) is 10.4. The van der Waals surface area contributed by atoms with Crippen LogP contribution in [0, 0.1) is 10.1 Å². The van der Waals surface area contributed by atoms with Gasteiger partial charge in [-0.2, -0.15) is 5.10 Å². The number of methoxy groups -OCH3 is 1. The Morgan fingerprint density at radius 3 is 2.71 bits per heavy atom. The minimum Gasteiger partial charge on any atom is -0.451 e. The number of carbonyl (C=O) groups excluding carboxylic acids is 1. The number of hydrazone groups is 1. The summed E-state index contributed by atoms with van der Waals surface area (Å²) in [6.45, 7) is 0. The second kappa shape index (κ2) is 7.69. The van der Waals surface area contributed by atoms with E-state index in [4.69, 9.17) is 34.8 Å². The average molecular weight is 373 g/mol. The van der Waals surface area contributed by atoms with Crippen LogP contribution in [-0.2, 0) is 4.74 Å². The maximum Gasteiger partial charge on any atom is 0.440 e. The number of nitro benzene ring substituents is 1. The number of hydrogen-bond donors (Lipinski definition) is 0. The molecule has 0 fully saturated rings. The lowest BCUT2D eigenvalue weighted by Crippen LogP contribution is -2.22. The summed E-state index contributed by atoms with van der Waals surface area (Å²) < 4.78 is 3.37. The lowest BCUT2D eigenvalue weighted by Gasteiger charge is -2.18. The molecule has 0 saturated carbocycles. The first-order valence-electron chi connectivity index (χ1n) is 5.15. The van der Waals surface area contributed by atoms with Gasteiger partial charge in [0.25, 0.3) is 8.81 Å². The van der Waals surface area contributed by atoms with E-state index in [0.717, 1.165) is 7.11 Å². The molecule has 114 valence electrons. The van der Waals surface area contributed by atoms with Crippen LogP contribution < -0.4 is 0 Å². The Kier molecular flexibility index (Phi) is 6.53. The fraction of sp³-hybridized carbons (Fsp3) is 0.200. The molecule has 0 unspecified atom stereocenters. The lowest BCUT2D eigenvalue weighted by molar-refractivity contribution is -0.384. The molecular weight excluding hydrogens is 365 g/mol. The number of benzene rings is 1. The second-order valence-corrected chi connectivity index (χ2v) is 7.47. The molecule has 0 aliphatic rings. The van der Waals surface area contributed by atoms with Gasteiger partial charge in [0, 0.05) is 29.6 Å². The van der Waals surface area contributed by atoms with E-state index >= 15 is 0 Å². The van der Waals surface area contributed by atoms with E-state index in [1.165, 1.54) is 24.4 Å². The van der Waals surface area contributed by atoms with Gasteiger partial charge in [0.15, 0.2) is 0 Å². The molecule has 0 atom stereocenters. The Morgan fingerprint density at radius 2 is 2.19 bits per heavy atom. The zero-order chi connectivity index (χ0) is 16.0. The molecule has 11 heteroatoms. The molecule has 0 radical (unpaired) electrons. The van der Waals surface area contributed by atoms with Gasteiger partial charge in [-0.15, -0.1) is 4.41 Å². The first-order chi connectivity index (χ1) is 9.73. The highest BCUT2D eigenvalue weighted by Crippen LogP contribution is 2.41. The summed E-state index contributed by atoms with van der Waals surface area (Å²) in [6, 6.07) is 5.64. The van der Waals surface area contributed by atoms with Crippen LogP contribution in [0.3, 0.4) is 0 Å². The van der Waals surface area contributed by atoms with Gasteiger partial charge < -0.3 is 4.74 Å². The Morgan fingerprint density at radius 1 is 1.52 bits per heavy atom. The standard InChI is InChI=1S/C10H8Cl3N3O4S/c1-20-9(17)15(21-10(11,12)13)14-6-7-3-2-4-8(5-7)16(18)19/h2-6H,1H3. The first-order valence-corrected chi connectivity index (χ1v) is 7.06. The summed E-state index contributed by atoms with van der Waals surface area (Å²) in [5, 5.41) is 14.4. The van der Waals surface area contributed by atoms with E-state index in [1.54, 1.807) is 6.07 Å². The molecule has 0 spiro atoms. The normalized spacial score (nSPS) is 11.4. The summed E-state index contributed by atoms with van der Waals surface area (Å²) in [6.07, 6.45) is 0.334. The van der Waals surface area contributed by atoms with Crippen molar-refractivity contribution in [1.29, 1.82) is 0 Å². The van der Waals surface area contributed by atoms with Crippen LogP contribution in [0.5, 0.6) is 0 Å². The smallest absolute Gasteiger partial charge is 0.440 e. The zero-order valence-corrected chi connectivity index (χ0v) is 13.5. The van der Waals surface area contributed by atoms with Crippen molar-refractivity contribution in [1.82, 2.24) is 4.41 Å². The monoisotopic (exact) mass is 371 g/mol. The predicted molar refractivity (Wildman–Crippen MR) is 82.8 cm³/mol. The van der Waals surface area contributed by atoms with E-state index in [-0.39, 0.29) is 5.69 Å². The van der Waals surface area contributed by atoms with Crippen molar-refractivity contribution in [3.05, 3.63) is 39.9 Å². The number of alkyl halides is 3. The minimum absolute atomic E-state index is 0.113. The fourth-order valence-electron chi connectivity index (χ4n) is 1.12. The van der Waals surface area contributed by atoms with Gasteiger partial charge in [-0.05, 0) is 0 Å². The van der Waals surface area contributed by atoms with E-state index < -0.39 is 14.1 Å². The van der Waals surface area contributed by atoms with Crippen LogP contribution in [0.15, 0.2) is 29.4 Å². The Hall–Kier alpha value is -1.22. The highest BCUT2D eigenvalue weighted by Gasteiger charge is 2.29. The van der Waals surface area contributed by atoms with Crippen molar-refractivity contribution in [3.8, 4) is 0 Å². The third kappa shape index (κ3) is 6.38. The van der Waals surface area contributed by atoms with Crippen LogP contribution in [0.1, 0.15) is 5.56 Å². The van der Waals surface area contributed by atoms with Crippen LogP contribution in [0.4, 0.5) is 10.5 Å². The number of nitrogens with zero attached hydrogens (tertiary/aromatic N) is 3. The Labute approximate surface area is 139 Å². The SMILES string of the molecule is COC(=O)N(N=Cc1cccc([N+](=O)[O-])c1)SC(Cl)(Cl)Cl. The Bertz CT molecular complexity index is 565. The van der Waals surface area contributed by atoms with Gasteiger partial charge in [-0.3, -0.25) is 10.1 Å². The molecule has 21 heavy (non-hydrogen) atoms. The van der Waals surface area contributed by atoms with Crippen molar-refractivity contribution in [2.45, 2.75) is 3.12 Å². The molecule has 1 aromatic carbocycles. The van der Waals surface area contributed by atoms with Crippen molar-refractivity contribution in [3.63, 3.8) is 0 Å². The number of hydrogen-bond acceptors (Lipinski definition) is 6. The van der Waals surface area contributed by atoms with Gasteiger partial charge in [0.1, 0.15) is 0 Å². The predicted octanol–water partition coefficient (Wildman–Crippen LogP) is 3.97. The van der Waals surface area contributed by atoms with E-state index in [0.29, 0.717) is 21.9 Å².